The number of benzene rings is 1. The average Bonchev–Trinajstić information content (AvgIpc) is 2.72. The fourth-order valence-electron chi connectivity index (χ4n) is 3.42. The average molecular weight is 525 g/mol. The molecule has 35 heavy (non-hydrogen) atoms. The van der Waals surface area contributed by atoms with Crippen molar-refractivity contribution in [2.24, 2.45) is 0 Å². The van der Waals surface area contributed by atoms with Gasteiger partial charge in [-0.3, -0.25) is 4.21 Å². The molecule has 1 aliphatic rings. The molecule has 0 radical (unpaired) electrons. The number of nitrogens with one attached hydrogen (secondary N) is 2. The molecule has 9 nitrogen and oxygen atoms in total. The molecule has 2 aromatic heterocycles. The van der Waals surface area contributed by atoms with E-state index in [2.05, 4.69) is 19.4 Å². The van der Waals surface area contributed by atoms with Crippen molar-refractivity contribution in [2.45, 2.75) is 6.42 Å². The third kappa shape index (κ3) is 6.65. The quantitative estimate of drug-likeness (QED) is 0.502. The molecular formula is C22H22F2N4O5S2. The predicted octanol–water partition coefficient (Wildman–Crippen LogP) is 2.86. The first-order valence-corrected chi connectivity index (χ1v) is 14.2. The van der Waals surface area contributed by atoms with Gasteiger partial charge in [-0.15, -0.1) is 4.13 Å². The Hall–Kier alpha value is -3.29. The van der Waals surface area contributed by atoms with Crippen molar-refractivity contribution >= 4 is 36.7 Å². The van der Waals surface area contributed by atoms with Crippen LogP contribution in [-0.4, -0.2) is 53.7 Å². The van der Waals surface area contributed by atoms with E-state index in [9.17, 15) is 21.4 Å². The fourth-order valence-corrected chi connectivity index (χ4v) is 6.67. The van der Waals surface area contributed by atoms with E-state index in [4.69, 9.17) is 9.47 Å². The van der Waals surface area contributed by atoms with Crippen LogP contribution in [0.4, 0.5) is 20.4 Å². The van der Waals surface area contributed by atoms with Crippen LogP contribution in [0.5, 0.6) is 11.6 Å². The van der Waals surface area contributed by atoms with Crippen molar-refractivity contribution in [3.8, 4) is 22.8 Å². The van der Waals surface area contributed by atoms with Crippen LogP contribution >= 0.6 is 0 Å². The number of anilines is 2. The smallest absolute Gasteiger partial charge is 0.219 e. The second-order valence-electron chi connectivity index (χ2n) is 7.87. The molecule has 3 aromatic rings. The Morgan fingerprint density at radius 2 is 1.77 bits per heavy atom. The largest absolute Gasteiger partial charge is 0.493 e. The Kier molecular flexibility index (Phi) is 6.92. The number of rotatable bonds is 3. The summed E-state index contributed by atoms with van der Waals surface area (Å²) >= 11 is 0. The maximum Gasteiger partial charge on any atom is 0.219 e. The molecule has 4 rings (SSSR count). The zero-order valence-electron chi connectivity index (χ0n) is 18.7. The SMILES string of the molecule is CS(=O)(=O)NS(C)(=O)=Cc1cc2nc(c1)OCCCOc1cc(F)ccc1-c1cc(ncc1F)N2. The maximum absolute atomic E-state index is 14.7. The van der Waals surface area contributed by atoms with E-state index >= 15 is 0 Å². The number of fused-ring (bicyclic) bond motifs is 6. The minimum absolute atomic E-state index is 0.141. The van der Waals surface area contributed by atoms with Crippen molar-refractivity contribution in [2.75, 3.05) is 31.0 Å². The molecule has 0 amide bonds. The van der Waals surface area contributed by atoms with E-state index in [-0.39, 0.29) is 42.0 Å². The molecule has 3 heterocycles. The van der Waals surface area contributed by atoms with Gasteiger partial charge in [-0.05, 0) is 29.8 Å². The second kappa shape index (κ2) is 9.76. The highest BCUT2D eigenvalue weighted by Gasteiger charge is 2.16. The van der Waals surface area contributed by atoms with Crippen molar-refractivity contribution in [1.82, 2.24) is 14.1 Å². The summed E-state index contributed by atoms with van der Waals surface area (Å²) < 4.78 is 77.9. The Bertz CT molecular complexity index is 1510. The fraction of sp³-hybridized carbons (Fsp3) is 0.227. The Morgan fingerprint density at radius 3 is 2.54 bits per heavy atom. The summed E-state index contributed by atoms with van der Waals surface area (Å²) in [7, 11) is -6.83. The molecule has 0 spiro atoms. The van der Waals surface area contributed by atoms with Crippen LogP contribution in [0.25, 0.3) is 11.1 Å². The number of hydrogen-bond donors (Lipinski definition) is 2. The molecule has 1 unspecified atom stereocenters. The number of hydrogen-bond acceptors (Lipinski definition) is 8. The molecule has 13 heteroatoms. The first-order chi connectivity index (χ1) is 16.5. The summed E-state index contributed by atoms with van der Waals surface area (Å²) in [4.78, 5) is 8.38. The van der Waals surface area contributed by atoms with Gasteiger partial charge in [0, 0.05) is 51.0 Å². The molecule has 0 aliphatic carbocycles. The van der Waals surface area contributed by atoms with Crippen molar-refractivity contribution in [3.05, 3.63) is 59.8 Å². The Balaban J connectivity index is 1.79. The molecule has 1 aliphatic heterocycles. The lowest BCUT2D eigenvalue weighted by Gasteiger charge is -2.16. The summed E-state index contributed by atoms with van der Waals surface area (Å²) in [5.74, 6) is -0.341. The molecular weight excluding hydrogens is 502 g/mol. The number of halogens is 2. The molecule has 0 fully saturated rings. The highest BCUT2D eigenvalue weighted by molar-refractivity contribution is 8.09. The van der Waals surface area contributed by atoms with E-state index in [0.717, 1.165) is 12.5 Å². The maximum atomic E-state index is 14.7. The molecule has 0 saturated heterocycles. The van der Waals surface area contributed by atoms with Gasteiger partial charge in [0.15, 0.2) is 0 Å². The number of ether oxygens (including phenoxy) is 2. The van der Waals surface area contributed by atoms with Crippen LogP contribution in [-0.2, 0) is 19.7 Å². The third-order valence-corrected chi connectivity index (χ3v) is 7.90. The van der Waals surface area contributed by atoms with Crippen molar-refractivity contribution in [3.63, 3.8) is 0 Å². The number of nitrogens with zero attached hydrogens (tertiary/aromatic N) is 2. The van der Waals surface area contributed by atoms with Gasteiger partial charge in [-0.2, -0.15) is 4.98 Å². The first kappa shape index (κ1) is 24.8. The molecule has 2 N–H and O–H groups in total. The van der Waals surface area contributed by atoms with Gasteiger partial charge in [-0.25, -0.2) is 22.2 Å². The van der Waals surface area contributed by atoms with E-state index in [1.54, 1.807) is 0 Å². The van der Waals surface area contributed by atoms with Gasteiger partial charge < -0.3 is 14.8 Å². The number of sulfonamides is 1. The summed E-state index contributed by atoms with van der Waals surface area (Å²) in [6.07, 6.45) is 3.57. The van der Waals surface area contributed by atoms with Gasteiger partial charge in [0.05, 0.1) is 25.7 Å². The van der Waals surface area contributed by atoms with Gasteiger partial charge in [0.1, 0.15) is 29.0 Å². The molecule has 1 atom stereocenters. The van der Waals surface area contributed by atoms with Gasteiger partial charge >= 0.3 is 0 Å². The van der Waals surface area contributed by atoms with Crippen molar-refractivity contribution in [1.29, 1.82) is 0 Å². The summed E-state index contributed by atoms with van der Waals surface area (Å²) in [5.41, 5.74) is 0.857. The number of pyridine rings is 2. The van der Waals surface area contributed by atoms with Crippen LogP contribution in [0.15, 0.2) is 42.6 Å². The second-order valence-corrected chi connectivity index (χ2v) is 12.1. The van der Waals surface area contributed by atoms with Crippen LogP contribution in [0.2, 0.25) is 0 Å². The highest BCUT2D eigenvalue weighted by Crippen LogP contribution is 2.34. The van der Waals surface area contributed by atoms with Crippen LogP contribution in [0.1, 0.15) is 12.0 Å². The molecule has 4 bridgehead atoms. The standard InChI is InChI=1S/C22H22F2N4O5S2/c1-34(29,28-35(2,30)31)13-14-8-21-26-20-11-17(18(24)12-25-20)16-5-4-15(23)10-19(16)32-6-3-7-33-22(9-14)27-21/h4-5,8-13H,3,6-7H2,1-2H3,(H,28,29)(H,25,26,27). The monoisotopic (exact) mass is 524 g/mol. The van der Waals surface area contributed by atoms with Crippen LogP contribution < -0.4 is 18.9 Å². The highest BCUT2D eigenvalue weighted by atomic mass is 32.3. The minimum Gasteiger partial charge on any atom is -0.493 e. The van der Waals surface area contributed by atoms with Crippen LogP contribution in [0.3, 0.4) is 0 Å². The summed E-state index contributed by atoms with van der Waals surface area (Å²) in [6, 6.07) is 8.26. The Morgan fingerprint density at radius 1 is 1.00 bits per heavy atom. The molecule has 1 aromatic carbocycles. The summed E-state index contributed by atoms with van der Waals surface area (Å²) in [6.45, 7) is 0.343. The first-order valence-electron chi connectivity index (χ1n) is 10.3. The molecule has 0 saturated carbocycles. The van der Waals surface area contributed by atoms with Gasteiger partial charge in [-0.1, -0.05) is 0 Å². The lowest BCUT2D eigenvalue weighted by molar-refractivity contribution is 0.242. The molecule has 186 valence electrons. The van der Waals surface area contributed by atoms with E-state index in [1.807, 2.05) is 0 Å². The van der Waals surface area contributed by atoms with E-state index < -0.39 is 31.4 Å². The van der Waals surface area contributed by atoms with Crippen molar-refractivity contribution < 1.29 is 30.9 Å². The zero-order valence-corrected chi connectivity index (χ0v) is 20.4. The minimum atomic E-state index is -3.72. The third-order valence-electron chi connectivity index (χ3n) is 4.64. The lowest BCUT2D eigenvalue weighted by atomic mass is 10.0. The Labute approximate surface area is 201 Å². The lowest BCUT2D eigenvalue weighted by Crippen LogP contribution is -2.29. The van der Waals surface area contributed by atoms with Crippen LogP contribution in [0, 0.1) is 11.6 Å². The topological polar surface area (TPSA) is 120 Å². The van der Waals surface area contributed by atoms with E-state index in [0.29, 0.717) is 17.5 Å². The van der Waals surface area contributed by atoms with E-state index in [1.165, 1.54) is 48.0 Å². The zero-order chi connectivity index (χ0) is 25.2. The normalized spacial score (nSPS) is 15.3. The number of aromatic nitrogens is 2. The predicted molar refractivity (Wildman–Crippen MR) is 130 cm³/mol. The van der Waals surface area contributed by atoms with Gasteiger partial charge in [0.2, 0.25) is 15.9 Å². The summed E-state index contributed by atoms with van der Waals surface area (Å²) in [5, 5.41) is 4.20. The van der Waals surface area contributed by atoms with Gasteiger partial charge in [0.25, 0.3) is 0 Å².